The van der Waals surface area contributed by atoms with Crippen LogP contribution < -0.4 is 0 Å². The van der Waals surface area contributed by atoms with Crippen LogP contribution in [0.1, 0.15) is 30.5 Å². The van der Waals surface area contributed by atoms with E-state index in [2.05, 4.69) is 49.4 Å². The molecule has 3 nitrogen and oxygen atoms in total. The molecule has 0 bridgehead atoms. The first kappa shape index (κ1) is 15.8. The Bertz CT molecular complexity index is 891. The number of fused-ring (bicyclic) bond motifs is 1. The van der Waals surface area contributed by atoms with Crippen molar-refractivity contribution in [3.8, 4) is 0 Å². The summed E-state index contributed by atoms with van der Waals surface area (Å²) in [6, 6.07) is 12.1. The molecule has 0 radical (unpaired) electrons. The standard InChI is InChI=1S/C19H20ClN3/c1-12(2)16(15-10-17(20)14(4)9-13(15)3)11-23-19-8-6-5-7-18(19)21-22-23/h5-12H,1-4H3/b16-11+. The van der Waals surface area contributed by atoms with Crippen molar-refractivity contribution in [1.82, 2.24) is 15.0 Å². The number of para-hydroxylation sites is 1. The first-order chi connectivity index (χ1) is 11.0. The van der Waals surface area contributed by atoms with Crippen molar-refractivity contribution in [2.75, 3.05) is 0 Å². The first-order valence-corrected chi connectivity index (χ1v) is 8.14. The van der Waals surface area contributed by atoms with Crippen LogP contribution in [0.5, 0.6) is 0 Å². The molecule has 0 amide bonds. The van der Waals surface area contributed by atoms with Gasteiger partial charge >= 0.3 is 0 Å². The summed E-state index contributed by atoms with van der Waals surface area (Å²) in [5.41, 5.74) is 6.57. The van der Waals surface area contributed by atoms with E-state index in [0.29, 0.717) is 5.92 Å². The summed E-state index contributed by atoms with van der Waals surface area (Å²) in [6.45, 7) is 8.51. The van der Waals surface area contributed by atoms with E-state index in [1.54, 1.807) is 0 Å². The number of hydrogen-bond donors (Lipinski definition) is 0. The van der Waals surface area contributed by atoms with Crippen LogP contribution in [0.3, 0.4) is 0 Å². The molecule has 23 heavy (non-hydrogen) atoms. The van der Waals surface area contributed by atoms with Crippen LogP contribution >= 0.6 is 11.6 Å². The molecule has 0 aliphatic heterocycles. The maximum atomic E-state index is 6.35. The number of nitrogens with zero attached hydrogens (tertiary/aromatic N) is 3. The van der Waals surface area contributed by atoms with E-state index in [4.69, 9.17) is 11.6 Å². The van der Waals surface area contributed by atoms with E-state index in [9.17, 15) is 0 Å². The summed E-state index contributed by atoms with van der Waals surface area (Å²) in [4.78, 5) is 0. The number of aromatic nitrogens is 3. The molecule has 1 heterocycles. The Morgan fingerprint density at radius 3 is 2.61 bits per heavy atom. The fourth-order valence-corrected chi connectivity index (χ4v) is 2.94. The van der Waals surface area contributed by atoms with Gasteiger partial charge in [-0.3, -0.25) is 0 Å². The number of benzene rings is 2. The highest BCUT2D eigenvalue weighted by Crippen LogP contribution is 2.31. The predicted molar refractivity (Wildman–Crippen MR) is 97.5 cm³/mol. The highest BCUT2D eigenvalue weighted by molar-refractivity contribution is 6.31. The third kappa shape index (κ3) is 3.02. The fourth-order valence-electron chi connectivity index (χ4n) is 2.78. The highest BCUT2D eigenvalue weighted by atomic mass is 35.5. The van der Waals surface area contributed by atoms with Crippen LogP contribution in [0.25, 0.3) is 22.8 Å². The van der Waals surface area contributed by atoms with E-state index in [1.807, 2.05) is 35.9 Å². The second-order valence-corrected chi connectivity index (χ2v) is 6.59. The molecule has 0 spiro atoms. The Hall–Kier alpha value is -2.13. The number of halogens is 1. The highest BCUT2D eigenvalue weighted by Gasteiger charge is 2.13. The zero-order chi connectivity index (χ0) is 16.6. The summed E-state index contributed by atoms with van der Waals surface area (Å²) in [6.07, 6.45) is 2.06. The second-order valence-electron chi connectivity index (χ2n) is 6.18. The molecule has 3 aromatic rings. The number of aryl methyl sites for hydroxylation is 2. The third-order valence-corrected chi connectivity index (χ3v) is 4.48. The maximum Gasteiger partial charge on any atom is 0.113 e. The van der Waals surface area contributed by atoms with E-state index < -0.39 is 0 Å². The topological polar surface area (TPSA) is 30.7 Å². The molecule has 0 unspecified atom stereocenters. The van der Waals surface area contributed by atoms with Crippen LogP contribution in [-0.4, -0.2) is 15.0 Å². The van der Waals surface area contributed by atoms with Gasteiger partial charge in [0.2, 0.25) is 0 Å². The van der Waals surface area contributed by atoms with E-state index >= 15 is 0 Å². The van der Waals surface area contributed by atoms with Crippen LogP contribution in [0.2, 0.25) is 5.02 Å². The summed E-state index contributed by atoms with van der Waals surface area (Å²) >= 11 is 6.35. The van der Waals surface area contributed by atoms with Gasteiger partial charge in [-0.25, -0.2) is 4.68 Å². The average molecular weight is 326 g/mol. The second kappa shape index (κ2) is 6.17. The molecule has 0 saturated carbocycles. The Labute approximate surface area is 141 Å². The zero-order valence-electron chi connectivity index (χ0n) is 13.8. The van der Waals surface area contributed by atoms with Gasteiger partial charge in [0.25, 0.3) is 0 Å². The maximum absolute atomic E-state index is 6.35. The van der Waals surface area contributed by atoms with Gasteiger partial charge in [0.1, 0.15) is 5.52 Å². The van der Waals surface area contributed by atoms with E-state index in [-0.39, 0.29) is 0 Å². The van der Waals surface area contributed by atoms with Crippen molar-refractivity contribution < 1.29 is 0 Å². The van der Waals surface area contributed by atoms with Gasteiger partial charge in [0.15, 0.2) is 0 Å². The smallest absolute Gasteiger partial charge is 0.113 e. The van der Waals surface area contributed by atoms with Gasteiger partial charge < -0.3 is 0 Å². The summed E-state index contributed by atoms with van der Waals surface area (Å²) in [5, 5.41) is 9.28. The molecule has 0 saturated heterocycles. The first-order valence-electron chi connectivity index (χ1n) is 7.76. The zero-order valence-corrected chi connectivity index (χ0v) is 14.6. The van der Waals surface area contributed by atoms with Gasteiger partial charge in [-0.2, -0.15) is 0 Å². The Morgan fingerprint density at radius 2 is 1.87 bits per heavy atom. The quantitative estimate of drug-likeness (QED) is 0.649. The molecule has 2 aromatic carbocycles. The molecule has 3 rings (SSSR count). The van der Waals surface area contributed by atoms with Gasteiger partial charge in [0.05, 0.1) is 5.52 Å². The van der Waals surface area contributed by atoms with Gasteiger partial charge in [0, 0.05) is 11.2 Å². The minimum Gasteiger partial charge on any atom is -0.220 e. The number of hydrogen-bond acceptors (Lipinski definition) is 2. The van der Waals surface area contributed by atoms with Gasteiger partial charge in [-0.05, 0) is 60.2 Å². The average Bonchev–Trinajstić information content (AvgIpc) is 2.92. The normalized spacial score (nSPS) is 12.3. The molecule has 0 atom stereocenters. The van der Waals surface area contributed by atoms with E-state index in [1.165, 1.54) is 11.1 Å². The lowest BCUT2D eigenvalue weighted by Crippen LogP contribution is -2.01. The third-order valence-electron chi connectivity index (χ3n) is 4.08. The Balaban J connectivity index is 2.18. The number of rotatable bonds is 3. The van der Waals surface area contributed by atoms with Crippen LogP contribution in [0.15, 0.2) is 36.4 Å². The van der Waals surface area contributed by atoms with E-state index in [0.717, 1.165) is 27.2 Å². The monoisotopic (exact) mass is 325 g/mol. The minimum absolute atomic E-state index is 0.343. The fraction of sp³-hybridized carbons (Fsp3) is 0.263. The van der Waals surface area contributed by atoms with Crippen molar-refractivity contribution in [2.24, 2.45) is 5.92 Å². The molecule has 4 heteroatoms. The Kier molecular flexibility index (Phi) is 4.22. The summed E-state index contributed by atoms with van der Waals surface area (Å²) in [5.74, 6) is 0.343. The molecule has 0 aliphatic rings. The van der Waals surface area contributed by atoms with Crippen LogP contribution in [0, 0.1) is 19.8 Å². The van der Waals surface area contributed by atoms with Crippen molar-refractivity contribution in [3.05, 3.63) is 58.1 Å². The SMILES string of the molecule is Cc1cc(C)c(/C(=C/n2nnc3ccccc32)C(C)C)cc1Cl. The molecular formula is C19H20ClN3. The van der Waals surface area contributed by atoms with Crippen molar-refractivity contribution in [3.63, 3.8) is 0 Å². The summed E-state index contributed by atoms with van der Waals surface area (Å²) < 4.78 is 1.85. The lowest BCUT2D eigenvalue weighted by molar-refractivity contribution is 0.829. The van der Waals surface area contributed by atoms with Gasteiger partial charge in [-0.1, -0.05) is 48.9 Å². The summed E-state index contributed by atoms with van der Waals surface area (Å²) in [7, 11) is 0. The van der Waals surface area contributed by atoms with Crippen LogP contribution in [-0.2, 0) is 0 Å². The lowest BCUT2D eigenvalue weighted by Gasteiger charge is -2.16. The lowest BCUT2D eigenvalue weighted by atomic mass is 9.92. The number of allylic oxidation sites excluding steroid dienone is 1. The predicted octanol–water partition coefficient (Wildman–Crippen LogP) is 5.36. The molecule has 1 aromatic heterocycles. The van der Waals surface area contributed by atoms with Crippen molar-refractivity contribution in [2.45, 2.75) is 27.7 Å². The van der Waals surface area contributed by atoms with Crippen molar-refractivity contribution in [1.29, 1.82) is 0 Å². The minimum atomic E-state index is 0.343. The molecule has 0 aliphatic carbocycles. The largest absolute Gasteiger partial charge is 0.220 e. The molecule has 0 N–H and O–H groups in total. The van der Waals surface area contributed by atoms with Gasteiger partial charge in [-0.15, -0.1) is 5.10 Å². The molecular weight excluding hydrogens is 306 g/mol. The molecule has 118 valence electrons. The van der Waals surface area contributed by atoms with Crippen molar-refractivity contribution >= 4 is 34.4 Å². The Morgan fingerprint density at radius 1 is 1.13 bits per heavy atom. The van der Waals surface area contributed by atoms with Crippen LogP contribution in [0.4, 0.5) is 0 Å². The molecule has 0 fully saturated rings.